The number of hydrogen-bond donors (Lipinski definition) is 0. The van der Waals surface area contributed by atoms with Gasteiger partial charge in [-0.2, -0.15) is 4.57 Å². The van der Waals surface area contributed by atoms with E-state index in [2.05, 4.69) is 65.5 Å². The number of pyridine rings is 1. The molecule has 1 nitrogen and oxygen atoms in total. The molecule has 0 N–H and O–H groups in total. The third-order valence-electron chi connectivity index (χ3n) is 3.51. The van der Waals surface area contributed by atoms with Gasteiger partial charge in [0.2, 0.25) is 5.52 Å². The predicted molar refractivity (Wildman–Crippen MR) is 70.7 cm³/mol. The summed E-state index contributed by atoms with van der Waals surface area (Å²) < 4.78 is 2.25. The van der Waals surface area contributed by atoms with Crippen LogP contribution in [0.1, 0.15) is 5.56 Å². The van der Waals surface area contributed by atoms with E-state index in [-0.39, 0.29) is 0 Å². The molecule has 2 heterocycles. The number of benzene rings is 2. The Bertz CT molecular complexity index is 769. The van der Waals surface area contributed by atoms with Crippen LogP contribution in [0.15, 0.2) is 54.7 Å². The van der Waals surface area contributed by atoms with Crippen molar-refractivity contribution in [2.45, 2.75) is 6.42 Å². The number of rotatable bonds is 0. The van der Waals surface area contributed by atoms with Gasteiger partial charge in [0.25, 0.3) is 0 Å². The van der Waals surface area contributed by atoms with Gasteiger partial charge >= 0.3 is 0 Å². The molecular formula is C16H12N+. The normalized spacial score (nSPS) is 13.4. The summed E-state index contributed by atoms with van der Waals surface area (Å²) in [6.07, 6.45) is 7.64. The van der Waals surface area contributed by atoms with Crippen LogP contribution in [0.5, 0.6) is 0 Å². The van der Waals surface area contributed by atoms with E-state index in [9.17, 15) is 0 Å². The number of aromatic nitrogens is 1. The monoisotopic (exact) mass is 218 g/mol. The largest absolute Gasteiger partial charge is 0.222 e. The van der Waals surface area contributed by atoms with Gasteiger partial charge in [0, 0.05) is 22.8 Å². The van der Waals surface area contributed by atoms with Crippen molar-refractivity contribution < 1.29 is 4.57 Å². The van der Waals surface area contributed by atoms with Crippen LogP contribution in [-0.4, -0.2) is 0 Å². The van der Waals surface area contributed by atoms with Crippen LogP contribution in [-0.2, 0) is 6.42 Å². The lowest BCUT2D eigenvalue weighted by molar-refractivity contribution is -0.538. The van der Waals surface area contributed by atoms with Crippen LogP contribution in [0.25, 0.3) is 27.9 Å². The number of para-hydroxylation sites is 1. The van der Waals surface area contributed by atoms with Crippen LogP contribution < -0.4 is 4.57 Å². The highest BCUT2D eigenvalue weighted by Crippen LogP contribution is 2.26. The maximum absolute atomic E-state index is 2.25. The van der Waals surface area contributed by atoms with Crippen molar-refractivity contribution in [1.29, 1.82) is 0 Å². The Balaban J connectivity index is 2.34. The molecule has 3 aromatic rings. The molecule has 0 fully saturated rings. The highest BCUT2D eigenvalue weighted by Gasteiger charge is 2.17. The molecule has 1 aliphatic rings. The van der Waals surface area contributed by atoms with E-state index < -0.39 is 0 Å². The summed E-state index contributed by atoms with van der Waals surface area (Å²) in [6.45, 7) is 0. The summed E-state index contributed by atoms with van der Waals surface area (Å²) in [7, 11) is 0. The van der Waals surface area contributed by atoms with E-state index in [1.54, 1.807) is 0 Å². The third kappa shape index (κ3) is 1.17. The van der Waals surface area contributed by atoms with E-state index in [0.29, 0.717) is 0 Å². The Morgan fingerprint density at radius 1 is 0.882 bits per heavy atom. The predicted octanol–water partition coefficient (Wildman–Crippen LogP) is 3.31. The zero-order valence-electron chi connectivity index (χ0n) is 9.43. The van der Waals surface area contributed by atoms with Crippen molar-refractivity contribution in [2.75, 3.05) is 0 Å². The Morgan fingerprint density at radius 2 is 1.76 bits per heavy atom. The Kier molecular flexibility index (Phi) is 1.67. The van der Waals surface area contributed by atoms with E-state index in [1.807, 2.05) is 0 Å². The molecule has 0 spiro atoms. The second kappa shape index (κ2) is 3.17. The lowest BCUT2D eigenvalue weighted by Crippen LogP contribution is -2.29. The van der Waals surface area contributed by atoms with Crippen molar-refractivity contribution in [1.82, 2.24) is 0 Å². The van der Waals surface area contributed by atoms with Crippen molar-refractivity contribution >= 4 is 27.9 Å². The van der Waals surface area contributed by atoms with Crippen LogP contribution >= 0.6 is 0 Å². The van der Waals surface area contributed by atoms with Gasteiger partial charge in [0.05, 0.1) is 5.39 Å². The molecule has 1 aliphatic heterocycles. The smallest absolute Gasteiger partial charge is 0.166 e. The van der Waals surface area contributed by atoms with Crippen molar-refractivity contribution in [3.05, 3.63) is 60.3 Å². The highest BCUT2D eigenvalue weighted by atomic mass is 14.9. The van der Waals surface area contributed by atoms with E-state index >= 15 is 0 Å². The first-order valence-corrected chi connectivity index (χ1v) is 5.95. The minimum Gasteiger partial charge on any atom is -0.166 e. The number of allylic oxidation sites excluding steroid dienone is 1. The fourth-order valence-corrected chi connectivity index (χ4v) is 2.76. The molecular weight excluding hydrogens is 206 g/mol. The quantitative estimate of drug-likeness (QED) is 0.402. The maximum Gasteiger partial charge on any atom is 0.222 e. The van der Waals surface area contributed by atoms with Gasteiger partial charge in [-0.1, -0.05) is 30.3 Å². The highest BCUT2D eigenvalue weighted by molar-refractivity contribution is 6.05. The summed E-state index contributed by atoms with van der Waals surface area (Å²) in [5.74, 6) is 0. The Hall–Kier alpha value is -2.15. The Morgan fingerprint density at radius 3 is 2.76 bits per heavy atom. The average molecular weight is 218 g/mol. The summed E-state index contributed by atoms with van der Waals surface area (Å²) >= 11 is 0. The fraction of sp³-hybridized carbons (Fsp3) is 0.0625. The van der Waals surface area contributed by atoms with Gasteiger partial charge in [-0.3, -0.25) is 0 Å². The van der Waals surface area contributed by atoms with Gasteiger partial charge in [-0.25, -0.2) is 0 Å². The number of hydrogen-bond acceptors (Lipinski definition) is 0. The van der Waals surface area contributed by atoms with E-state index in [1.165, 1.54) is 27.2 Å². The molecule has 1 heteroatoms. The first-order chi connectivity index (χ1) is 8.43. The molecule has 1 aromatic heterocycles. The lowest BCUT2D eigenvalue weighted by atomic mass is 10.00. The van der Waals surface area contributed by atoms with E-state index in [0.717, 1.165) is 6.42 Å². The first-order valence-electron chi connectivity index (χ1n) is 5.95. The second-order valence-corrected chi connectivity index (χ2v) is 4.53. The van der Waals surface area contributed by atoms with Crippen molar-refractivity contribution in [3.8, 4) is 0 Å². The molecule has 4 rings (SSSR count). The van der Waals surface area contributed by atoms with E-state index in [4.69, 9.17) is 0 Å². The summed E-state index contributed by atoms with van der Waals surface area (Å²) in [5, 5.41) is 3.99. The summed E-state index contributed by atoms with van der Waals surface area (Å²) in [6, 6.07) is 15.2. The standard InChI is InChI=1S/C16H12N/c1-2-8-14-13(5-1)11-17-10-4-7-12-6-3-9-15(14)16(12)17/h1-6,8-11H,7H2/q+1. The van der Waals surface area contributed by atoms with Crippen LogP contribution in [0.4, 0.5) is 0 Å². The van der Waals surface area contributed by atoms with Crippen molar-refractivity contribution in [2.24, 2.45) is 0 Å². The topological polar surface area (TPSA) is 3.88 Å². The second-order valence-electron chi connectivity index (χ2n) is 4.53. The lowest BCUT2D eigenvalue weighted by Gasteiger charge is -2.08. The zero-order valence-corrected chi connectivity index (χ0v) is 9.43. The van der Waals surface area contributed by atoms with Gasteiger partial charge in [0.15, 0.2) is 12.4 Å². The number of fused-ring (bicyclic) bond motifs is 2. The molecule has 17 heavy (non-hydrogen) atoms. The first kappa shape index (κ1) is 8.94. The summed E-state index contributed by atoms with van der Waals surface area (Å²) in [4.78, 5) is 0. The van der Waals surface area contributed by atoms with Crippen LogP contribution in [0.3, 0.4) is 0 Å². The summed E-state index contributed by atoms with van der Waals surface area (Å²) in [5.41, 5.74) is 2.77. The van der Waals surface area contributed by atoms with Gasteiger partial charge < -0.3 is 0 Å². The van der Waals surface area contributed by atoms with Gasteiger partial charge in [0.1, 0.15) is 0 Å². The molecule has 0 amide bonds. The maximum atomic E-state index is 2.25. The van der Waals surface area contributed by atoms with Gasteiger partial charge in [-0.05, 0) is 18.2 Å². The molecule has 0 atom stereocenters. The SMILES string of the molecule is C1=C[n+]2cc3ccccc3c3cccc(c32)C1. The molecule has 0 saturated heterocycles. The third-order valence-corrected chi connectivity index (χ3v) is 3.51. The molecule has 0 bridgehead atoms. The number of nitrogens with zero attached hydrogens (tertiary/aromatic N) is 1. The van der Waals surface area contributed by atoms with Crippen LogP contribution in [0, 0.1) is 0 Å². The molecule has 2 aromatic carbocycles. The van der Waals surface area contributed by atoms with Crippen LogP contribution in [0.2, 0.25) is 0 Å². The van der Waals surface area contributed by atoms with Gasteiger partial charge in [-0.15, -0.1) is 0 Å². The molecule has 0 aliphatic carbocycles. The van der Waals surface area contributed by atoms with Crippen molar-refractivity contribution in [3.63, 3.8) is 0 Å². The minimum atomic E-state index is 1.04. The fourth-order valence-electron chi connectivity index (χ4n) is 2.76. The minimum absolute atomic E-state index is 1.04. The Labute approximate surface area is 99.6 Å². The molecule has 0 radical (unpaired) electrons. The molecule has 80 valence electrons. The molecule has 0 saturated carbocycles. The average Bonchev–Trinajstić information content (AvgIpc) is 2.39. The zero-order chi connectivity index (χ0) is 11.2. The molecule has 0 unspecified atom stereocenters.